The average Bonchev–Trinajstić information content (AvgIpc) is 3.21. The summed E-state index contributed by atoms with van der Waals surface area (Å²) in [6.45, 7) is 1.68. The quantitative estimate of drug-likeness (QED) is 0.503. The second-order valence-corrected chi connectivity index (χ2v) is 6.94. The molecule has 0 saturated carbocycles. The molecule has 130 valence electrons. The number of carbonyl (C=O) groups excluding carboxylic acids is 1. The first kappa shape index (κ1) is 16.7. The molecule has 1 atom stereocenters. The zero-order chi connectivity index (χ0) is 17.8. The first-order chi connectivity index (χ1) is 12.9. The van der Waals surface area contributed by atoms with Gasteiger partial charge in [0.05, 0.1) is 5.54 Å². The van der Waals surface area contributed by atoms with Gasteiger partial charge in [0, 0.05) is 19.0 Å². The van der Waals surface area contributed by atoms with Crippen LogP contribution in [0.2, 0.25) is 0 Å². The van der Waals surface area contributed by atoms with E-state index in [9.17, 15) is 4.79 Å². The number of hydrogen-bond donors (Lipinski definition) is 0. The lowest BCUT2D eigenvalue weighted by Gasteiger charge is -2.44. The highest BCUT2D eigenvalue weighted by molar-refractivity contribution is 5.56. The van der Waals surface area contributed by atoms with Gasteiger partial charge in [0.1, 0.15) is 6.29 Å². The van der Waals surface area contributed by atoms with Crippen LogP contribution in [0.4, 0.5) is 0 Å². The molecule has 0 amide bonds. The molecular formula is C24H23NO. The Hall–Kier alpha value is -2.71. The van der Waals surface area contributed by atoms with Crippen molar-refractivity contribution in [3.05, 3.63) is 108 Å². The molecule has 0 aliphatic carbocycles. The van der Waals surface area contributed by atoms with Crippen LogP contribution in [0.25, 0.3) is 0 Å². The lowest BCUT2D eigenvalue weighted by molar-refractivity contribution is -0.110. The van der Waals surface area contributed by atoms with E-state index in [1.807, 2.05) is 0 Å². The van der Waals surface area contributed by atoms with Crippen LogP contribution in [0, 0.1) is 5.92 Å². The number of likely N-dealkylation sites (tertiary alicyclic amines) is 1. The van der Waals surface area contributed by atoms with E-state index >= 15 is 0 Å². The molecule has 1 fully saturated rings. The first-order valence-corrected chi connectivity index (χ1v) is 9.22. The van der Waals surface area contributed by atoms with Crippen molar-refractivity contribution in [3.8, 4) is 0 Å². The third-order valence-electron chi connectivity index (χ3n) is 5.47. The molecular weight excluding hydrogens is 318 g/mol. The van der Waals surface area contributed by atoms with E-state index in [-0.39, 0.29) is 11.5 Å². The Morgan fingerprint density at radius 3 is 1.50 bits per heavy atom. The van der Waals surface area contributed by atoms with Crippen LogP contribution in [0.1, 0.15) is 23.1 Å². The zero-order valence-corrected chi connectivity index (χ0v) is 14.8. The standard InChI is InChI=1S/C24H23NO/c26-19-20-16-17-25(18-20)24(21-10-4-1-5-11-21,22-12-6-2-7-13-22)23-14-8-3-9-15-23/h1-15,19-20H,16-18H2. The number of nitrogens with zero attached hydrogens (tertiary/aromatic N) is 1. The van der Waals surface area contributed by atoms with Crippen molar-refractivity contribution in [2.24, 2.45) is 5.92 Å². The van der Waals surface area contributed by atoms with E-state index in [2.05, 4.69) is 95.9 Å². The van der Waals surface area contributed by atoms with Gasteiger partial charge in [-0.15, -0.1) is 0 Å². The van der Waals surface area contributed by atoms with E-state index in [0.29, 0.717) is 0 Å². The monoisotopic (exact) mass is 341 g/mol. The summed E-state index contributed by atoms with van der Waals surface area (Å²) < 4.78 is 0. The zero-order valence-electron chi connectivity index (χ0n) is 14.8. The Bertz CT molecular complexity index is 748. The third kappa shape index (κ3) is 2.77. The van der Waals surface area contributed by atoms with Crippen molar-refractivity contribution in [1.29, 1.82) is 0 Å². The van der Waals surface area contributed by atoms with Crippen LogP contribution in [-0.4, -0.2) is 24.3 Å². The maximum atomic E-state index is 11.5. The molecule has 1 aliphatic heterocycles. The highest BCUT2D eigenvalue weighted by Gasteiger charge is 2.44. The summed E-state index contributed by atoms with van der Waals surface area (Å²) in [7, 11) is 0. The summed E-state index contributed by atoms with van der Waals surface area (Å²) in [5.41, 5.74) is 3.33. The van der Waals surface area contributed by atoms with Crippen molar-refractivity contribution in [1.82, 2.24) is 4.90 Å². The highest BCUT2D eigenvalue weighted by atomic mass is 16.1. The molecule has 0 radical (unpaired) electrons. The van der Waals surface area contributed by atoms with E-state index in [4.69, 9.17) is 0 Å². The largest absolute Gasteiger partial charge is 0.303 e. The molecule has 0 N–H and O–H groups in total. The van der Waals surface area contributed by atoms with Crippen molar-refractivity contribution < 1.29 is 4.79 Å². The summed E-state index contributed by atoms with van der Waals surface area (Å²) in [5, 5.41) is 0. The lowest BCUT2D eigenvalue weighted by Crippen LogP contribution is -2.47. The van der Waals surface area contributed by atoms with Crippen LogP contribution in [-0.2, 0) is 10.3 Å². The number of rotatable bonds is 5. The van der Waals surface area contributed by atoms with Gasteiger partial charge in [0.2, 0.25) is 0 Å². The second kappa shape index (κ2) is 7.27. The highest BCUT2D eigenvalue weighted by Crippen LogP contribution is 2.44. The van der Waals surface area contributed by atoms with Crippen molar-refractivity contribution in [3.63, 3.8) is 0 Å². The minimum absolute atomic E-state index is 0.102. The number of aldehydes is 1. The van der Waals surface area contributed by atoms with Crippen molar-refractivity contribution >= 4 is 6.29 Å². The molecule has 4 rings (SSSR count). The summed E-state index contributed by atoms with van der Waals surface area (Å²) >= 11 is 0. The molecule has 0 spiro atoms. The van der Waals surface area contributed by atoms with Gasteiger partial charge >= 0.3 is 0 Å². The molecule has 2 nitrogen and oxygen atoms in total. The smallest absolute Gasteiger partial charge is 0.124 e. The first-order valence-electron chi connectivity index (χ1n) is 9.22. The molecule has 1 heterocycles. The molecule has 0 aromatic heterocycles. The fraction of sp³-hybridized carbons (Fsp3) is 0.208. The fourth-order valence-electron chi connectivity index (χ4n) is 4.29. The minimum atomic E-state index is -0.387. The van der Waals surface area contributed by atoms with Gasteiger partial charge in [-0.2, -0.15) is 0 Å². The van der Waals surface area contributed by atoms with Gasteiger partial charge in [-0.25, -0.2) is 0 Å². The minimum Gasteiger partial charge on any atom is -0.303 e. The Morgan fingerprint density at radius 1 is 0.731 bits per heavy atom. The predicted molar refractivity (Wildman–Crippen MR) is 105 cm³/mol. The van der Waals surface area contributed by atoms with Crippen LogP contribution in [0.15, 0.2) is 91.0 Å². The van der Waals surface area contributed by atoms with Gasteiger partial charge in [0.25, 0.3) is 0 Å². The summed E-state index contributed by atoms with van der Waals surface area (Å²) in [4.78, 5) is 13.9. The molecule has 0 bridgehead atoms. The van der Waals surface area contributed by atoms with E-state index in [1.54, 1.807) is 0 Å². The van der Waals surface area contributed by atoms with Gasteiger partial charge in [0.15, 0.2) is 0 Å². The topological polar surface area (TPSA) is 20.3 Å². The Balaban J connectivity index is 1.99. The Labute approximate surface area is 155 Å². The van der Waals surface area contributed by atoms with E-state index in [1.165, 1.54) is 16.7 Å². The van der Waals surface area contributed by atoms with Crippen molar-refractivity contribution in [2.75, 3.05) is 13.1 Å². The Morgan fingerprint density at radius 2 is 1.15 bits per heavy atom. The van der Waals surface area contributed by atoms with Gasteiger partial charge in [-0.1, -0.05) is 91.0 Å². The van der Waals surface area contributed by atoms with Crippen molar-refractivity contribution in [2.45, 2.75) is 12.0 Å². The molecule has 3 aromatic rings. The average molecular weight is 341 g/mol. The second-order valence-electron chi connectivity index (χ2n) is 6.94. The van der Waals surface area contributed by atoms with Gasteiger partial charge in [-0.3, -0.25) is 4.90 Å². The summed E-state index contributed by atoms with van der Waals surface area (Å²) in [5.74, 6) is 0.102. The molecule has 1 unspecified atom stereocenters. The molecule has 1 saturated heterocycles. The number of hydrogen-bond acceptors (Lipinski definition) is 2. The van der Waals surface area contributed by atoms with Crippen LogP contribution >= 0.6 is 0 Å². The summed E-state index contributed by atoms with van der Waals surface area (Å²) in [6.07, 6.45) is 2.03. The van der Waals surface area contributed by atoms with Crippen LogP contribution in [0.3, 0.4) is 0 Å². The van der Waals surface area contributed by atoms with Crippen LogP contribution in [0.5, 0.6) is 0 Å². The maximum Gasteiger partial charge on any atom is 0.124 e. The molecule has 2 heteroatoms. The lowest BCUT2D eigenvalue weighted by atomic mass is 9.75. The maximum absolute atomic E-state index is 11.5. The predicted octanol–water partition coefficient (Wildman–Crippen LogP) is 4.50. The fourth-order valence-corrected chi connectivity index (χ4v) is 4.29. The summed E-state index contributed by atoms with van der Waals surface area (Å²) in [6, 6.07) is 32.0. The van der Waals surface area contributed by atoms with Gasteiger partial charge in [-0.05, 0) is 23.1 Å². The molecule has 3 aromatic carbocycles. The number of carbonyl (C=O) groups is 1. The van der Waals surface area contributed by atoms with E-state index < -0.39 is 0 Å². The third-order valence-corrected chi connectivity index (χ3v) is 5.47. The molecule has 26 heavy (non-hydrogen) atoms. The Kier molecular flexibility index (Phi) is 4.68. The number of benzene rings is 3. The SMILES string of the molecule is O=CC1CCN(C(c2ccccc2)(c2ccccc2)c2ccccc2)C1. The van der Waals surface area contributed by atoms with Gasteiger partial charge < -0.3 is 4.79 Å². The van der Waals surface area contributed by atoms with E-state index in [0.717, 1.165) is 25.8 Å². The normalized spacial score (nSPS) is 17.9. The van der Waals surface area contributed by atoms with Crippen LogP contribution < -0.4 is 0 Å². The molecule has 1 aliphatic rings.